The Morgan fingerprint density at radius 3 is 2.77 bits per heavy atom. The monoisotopic (exact) mass is 306 g/mol. The average Bonchev–Trinajstić information content (AvgIpc) is 2.48. The van der Waals surface area contributed by atoms with Crippen LogP contribution >= 0.6 is 0 Å². The maximum Gasteiger partial charge on any atom is 0.237 e. The molecule has 22 heavy (non-hydrogen) atoms. The number of nitrogens with one attached hydrogen (secondary N) is 1. The van der Waals surface area contributed by atoms with E-state index in [-0.39, 0.29) is 18.6 Å². The number of nitrogens with zero attached hydrogens (tertiary/aromatic N) is 1. The summed E-state index contributed by atoms with van der Waals surface area (Å²) in [5.41, 5.74) is 3.36. The topological polar surface area (TPSA) is 61.8 Å². The minimum Gasteiger partial charge on any atom is -0.490 e. The summed E-state index contributed by atoms with van der Waals surface area (Å²) in [6.07, 6.45) is -0.618. The Kier molecular flexibility index (Phi) is 5.42. The second-order valence-electron chi connectivity index (χ2n) is 6.08. The molecule has 1 aliphatic heterocycles. The first-order chi connectivity index (χ1) is 10.4. The highest BCUT2D eigenvalue weighted by atomic mass is 16.5. The van der Waals surface area contributed by atoms with Gasteiger partial charge in [-0.3, -0.25) is 9.69 Å². The minimum atomic E-state index is -0.618. The van der Waals surface area contributed by atoms with Crippen LogP contribution < -0.4 is 10.1 Å². The Balaban J connectivity index is 1.92. The Morgan fingerprint density at radius 1 is 1.36 bits per heavy atom. The molecule has 122 valence electrons. The molecule has 2 rings (SSSR count). The number of benzene rings is 1. The molecule has 1 aromatic carbocycles. The van der Waals surface area contributed by atoms with Gasteiger partial charge in [0.1, 0.15) is 18.5 Å². The molecule has 5 heteroatoms. The highest BCUT2D eigenvalue weighted by Gasteiger charge is 2.27. The molecule has 2 atom stereocenters. The number of hydrogen-bond donors (Lipinski definition) is 2. The number of piperazine rings is 1. The molecule has 0 spiro atoms. The number of hydrogen-bond acceptors (Lipinski definition) is 4. The summed E-state index contributed by atoms with van der Waals surface area (Å²) in [4.78, 5) is 13.6. The molecular weight excluding hydrogens is 280 g/mol. The lowest BCUT2D eigenvalue weighted by molar-refractivity contribution is -0.129. The Labute approximate surface area is 132 Å². The second kappa shape index (κ2) is 7.11. The molecule has 2 unspecified atom stereocenters. The van der Waals surface area contributed by atoms with Gasteiger partial charge in [0.05, 0.1) is 6.04 Å². The standard InChI is InChI=1S/C17H26N2O3/c1-11-5-6-12(2)16(13(11)3)22-10-15(20)9-19-8-7-18-17(21)14(19)4/h5-6,14-15,20H,7-10H2,1-4H3,(H,18,21). The number of carbonyl (C=O) groups excluding carboxylic acids is 1. The van der Waals surface area contributed by atoms with Gasteiger partial charge in [-0.15, -0.1) is 0 Å². The SMILES string of the molecule is Cc1ccc(C)c(OCC(O)CN2CCNC(=O)C2C)c1C. The first-order valence-electron chi connectivity index (χ1n) is 7.79. The molecule has 1 fully saturated rings. The van der Waals surface area contributed by atoms with E-state index < -0.39 is 6.10 Å². The Morgan fingerprint density at radius 2 is 2.05 bits per heavy atom. The zero-order valence-electron chi connectivity index (χ0n) is 13.8. The molecule has 2 N–H and O–H groups in total. The smallest absolute Gasteiger partial charge is 0.237 e. The molecule has 1 heterocycles. The molecule has 0 aromatic heterocycles. The van der Waals surface area contributed by atoms with Crippen LogP contribution in [0.15, 0.2) is 12.1 Å². The molecule has 1 aromatic rings. The molecule has 1 saturated heterocycles. The largest absolute Gasteiger partial charge is 0.490 e. The van der Waals surface area contributed by atoms with Gasteiger partial charge in [0.2, 0.25) is 5.91 Å². The zero-order valence-corrected chi connectivity index (χ0v) is 13.8. The van der Waals surface area contributed by atoms with Crippen LogP contribution in [-0.2, 0) is 4.79 Å². The van der Waals surface area contributed by atoms with Gasteiger partial charge in [-0.2, -0.15) is 0 Å². The lowest BCUT2D eigenvalue weighted by Gasteiger charge is -2.34. The molecule has 1 amide bonds. The van der Waals surface area contributed by atoms with Crippen LogP contribution in [0, 0.1) is 20.8 Å². The number of aliphatic hydroxyl groups excluding tert-OH is 1. The van der Waals surface area contributed by atoms with E-state index in [1.54, 1.807) is 0 Å². The number of aliphatic hydroxyl groups is 1. The van der Waals surface area contributed by atoms with E-state index >= 15 is 0 Å². The van der Waals surface area contributed by atoms with Gasteiger partial charge in [-0.1, -0.05) is 12.1 Å². The number of β-amino-alcohol motifs (C(OH)–C–C–N with tert-alkyl or cyclic N) is 1. The number of ether oxygens (including phenoxy) is 1. The van der Waals surface area contributed by atoms with Crippen LogP contribution in [0.4, 0.5) is 0 Å². The van der Waals surface area contributed by atoms with Crippen molar-refractivity contribution < 1.29 is 14.6 Å². The third-order valence-corrected chi connectivity index (χ3v) is 4.36. The van der Waals surface area contributed by atoms with Crippen molar-refractivity contribution >= 4 is 5.91 Å². The van der Waals surface area contributed by atoms with Crippen LogP contribution in [0.2, 0.25) is 0 Å². The third-order valence-electron chi connectivity index (χ3n) is 4.36. The Hall–Kier alpha value is -1.59. The molecule has 0 radical (unpaired) electrons. The predicted molar refractivity (Wildman–Crippen MR) is 86.2 cm³/mol. The quantitative estimate of drug-likeness (QED) is 0.857. The van der Waals surface area contributed by atoms with Gasteiger partial charge < -0.3 is 15.2 Å². The van der Waals surface area contributed by atoms with Crippen molar-refractivity contribution in [3.8, 4) is 5.75 Å². The summed E-state index contributed by atoms with van der Waals surface area (Å²) >= 11 is 0. The fourth-order valence-electron chi connectivity index (χ4n) is 2.73. The minimum absolute atomic E-state index is 0.0183. The highest BCUT2D eigenvalue weighted by molar-refractivity contribution is 5.81. The van der Waals surface area contributed by atoms with Crippen LogP contribution in [0.5, 0.6) is 5.75 Å². The normalized spacial score (nSPS) is 20.6. The lowest BCUT2D eigenvalue weighted by atomic mass is 10.1. The summed E-state index contributed by atoms with van der Waals surface area (Å²) < 4.78 is 5.84. The lowest BCUT2D eigenvalue weighted by Crippen LogP contribution is -2.55. The van der Waals surface area contributed by atoms with E-state index in [0.717, 1.165) is 23.4 Å². The average molecular weight is 306 g/mol. The maximum absolute atomic E-state index is 11.6. The fraction of sp³-hybridized carbons (Fsp3) is 0.588. The van der Waals surface area contributed by atoms with Gasteiger partial charge in [0.15, 0.2) is 0 Å². The maximum atomic E-state index is 11.6. The van der Waals surface area contributed by atoms with E-state index in [4.69, 9.17) is 4.74 Å². The molecule has 1 aliphatic rings. The van der Waals surface area contributed by atoms with Crippen molar-refractivity contribution in [2.45, 2.75) is 39.8 Å². The summed E-state index contributed by atoms with van der Waals surface area (Å²) in [6, 6.07) is 3.90. The van der Waals surface area contributed by atoms with Crippen molar-refractivity contribution in [2.75, 3.05) is 26.2 Å². The van der Waals surface area contributed by atoms with E-state index in [0.29, 0.717) is 13.1 Å². The molecule has 0 aliphatic carbocycles. The van der Waals surface area contributed by atoms with Gasteiger partial charge in [0, 0.05) is 19.6 Å². The summed E-state index contributed by atoms with van der Waals surface area (Å²) in [5, 5.41) is 13.0. The fourth-order valence-corrected chi connectivity index (χ4v) is 2.73. The Bertz CT molecular complexity index is 545. The summed E-state index contributed by atoms with van der Waals surface area (Å²) in [6.45, 7) is 10.0. The van der Waals surface area contributed by atoms with Crippen molar-refractivity contribution in [2.24, 2.45) is 0 Å². The number of carbonyl (C=O) groups is 1. The van der Waals surface area contributed by atoms with E-state index in [1.165, 1.54) is 5.56 Å². The summed E-state index contributed by atoms with van der Waals surface area (Å²) in [7, 11) is 0. The van der Waals surface area contributed by atoms with Crippen LogP contribution in [0.3, 0.4) is 0 Å². The third kappa shape index (κ3) is 3.78. The van der Waals surface area contributed by atoms with Crippen LogP contribution in [0.25, 0.3) is 0 Å². The van der Waals surface area contributed by atoms with Crippen molar-refractivity contribution in [3.05, 3.63) is 28.8 Å². The molecular formula is C17H26N2O3. The number of amides is 1. The summed E-state index contributed by atoms with van der Waals surface area (Å²) in [5.74, 6) is 0.869. The van der Waals surface area contributed by atoms with Crippen LogP contribution in [-0.4, -0.2) is 54.3 Å². The zero-order chi connectivity index (χ0) is 16.3. The van der Waals surface area contributed by atoms with Crippen molar-refractivity contribution in [3.63, 3.8) is 0 Å². The van der Waals surface area contributed by atoms with Gasteiger partial charge in [-0.05, 0) is 44.4 Å². The van der Waals surface area contributed by atoms with Gasteiger partial charge in [0.25, 0.3) is 0 Å². The first-order valence-corrected chi connectivity index (χ1v) is 7.79. The van der Waals surface area contributed by atoms with Gasteiger partial charge in [-0.25, -0.2) is 0 Å². The number of aryl methyl sites for hydroxylation is 2. The number of rotatable bonds is 5. The second-order valence-corrected chi connectivity index (χ2v) is 6.08. The predicted octanol–water partition coefficient (Wildman–Crippen LogP) is 1.17. The first kappa shape index (κ1) is 16.8. The molecule has 0 saturated carbocycles. The van der Waals surface area contributed by atoms with E-state index in [9.17, 15) is 9.90 Å². The van der Waals surface area contributed by atoms with Crippen molar-refractivity contribution in [1.82, 2.24) is 10.2 Å². The van der Waals surface area contributed by atoms with Crippen molar-refractivity contribution in [1.29, 1.82) is 0 Å². The highest BCUT2D eigenvalue weighted by Crippen LogP contribution is 2.25. The van der Waals surface area contributed by atoms with Crippen LogP contribution in [0.1, 0.15) is 23.6 Å². The molecule has 5 nitrogen and oxygen atoms in total. The molecule has 0 bridgehead atoms. The van der Waals surface area contributed by atoms with E-state index in [1.807, 2.05) is 38.7 Å². The van der Waals surface area contributed by atoms with E-state index in [2.05, 4.69) is 11.4 Å². The van der Waals surface area contributed by atoms with Gasteiger partial charge >= 0.3 is 0 Å².